The quantitative estimate of drug-likeness (QED) is 0.514. The van der Waals surface area contributed by atoms with Crippen molar-refractivity contribution in [3.05, 3.63) is 0 Å². The standard InChI is InChI=1S/C8H17N3O4/c1-11(3-4-15-2)8(14)10-5-6(9)7(12)13/h6H,3-5,9H2,1-2H3,(H,10,14)(H,12,13). The van der Waals surface area contributed by atoms with Crippen molar-refractivity contribution >= 4 is 12.0 Å². The second-order valence-electron chi connectivity index (χ2n) is 3.05. The Labute approximate surface area is 88.2 Å². The molecule has 0 aliphatic rings. The SMILES string of the molecule is COCCN(C)C(=O)NCC(N)C(=O)O. The molecule has 0 aliphatic heterocycles. The third-order valence-electron chi connectivity index (χ3n) is 1.77. The van der Waals surface area contributed by atoms with Crippen LogP contribution < -0.4 is 11.1 Å². The monoisotopic (exact) mass is 219 g/mol. The van der Waals surface area contributed by atoms with Gasteiger partial charge in [0.15, 0.2) is 0 Å². The van der Waals surface area contributed by atoms with E-state index in [0.29, 0.717) is 13.2 Å². The first-order chi connectivity index (χ1) is 6.99. The van der Waals surface area contributed by atoms with Gasteiger partial charge in [-0.25, -0.2) is 4.79 Å². The maximum absolute atomic E-state index is 11.3. The molecule has 0 aromatic carbocycles. The topological polar surface area (TPSA) is 105 Å². The summed E-state index contributed by atoms with van der Waals surface area (Å²) in [5, 5.41) is 10.9. The molecule has 0 saturated heterocycles. The largest absolute Gasteiger partial charge is 0.480 e. The van der Waals surface area contributed by atoms with Crippen LogP contribution in [0, 0.1) is 0 Å². The summed E-state index contributed by atoms with van der Waals surface area (Å²) in [6, 6.07) is -1.45. The van der Waals surface area contributed by atoms with Crippen molar-refractivity contribution < 1.29 is 19.4 Å². The minimum absolute atomic E-state index is 0.0918. The van der Waals surface area contributed by atoms with Crippen molar-refractivity contribution in [1.82, 2.24) is 10.2 Å². The molecule has 0 aliphatic carbocycles. The van der Waals surface area contributed by atoms with Crippen LogP contribution in [0.25, 0.3) is 0 Å². The first-order valence-corrected chi connectivity index (χ1v) is 4.45. The van der Waals surface area contributed by atoms with Crippen LogP contribution in [0.1, 0.15) is 0 Å². The molecule has 15 heavy (non-hydrogen) atoms. The van der Waals surface area contributed by atoms with Crippen molar-refractivity contribution in [2.45, 2.75) is 6.04 Å². The van der Waals surface area contributed by atoms with E-state index in [1.54, 1.807) is 7.05 Å². The minimum atomic E-state index is -1.14. The number of urea groups is 1. The van der Waals surface area contributed by atoms with Crippen LogP contribution in [0.3, 0.4) is 0 Å². The van der Waals surface area contributed by atoms with Crippen LogP contribution >= 0.6 is 0 Å². The molecule has 0 saturated carbocycles. The number of ether oxygens (including phenoxy) is 1. The Morgan fingerprint density at radius 2 is 2.20 bits per heavy atom. The average Bonchev–Trinajstić information content (AvgIpc) is 2.21. The number of carbonyl (C=O) groups is 2. The fourth-order valence-electron chi connectivity index (χ4n) is 0.749. The molecule has 0 aromatic heterocycles. The number of hydrogen-bond acceptors (Lipinski definition) is 4. The number of amides is 2. The van der Waals surface area contributed by atoms with Crippen molar-refractivity contribution in [3.63, 3.8) is 0 Å². The van der Waals surface area contributed by atoms with Crippen LogP contribution in [-0.4, -0.2) is 61.9 Å². The number of carboxylic acid groups (broad SMARTS) is 1. The summed E-state index contributed by atoms with van der Waals surface area (Å²) in [7, 11) is 3.12. The highest BCUT2D eigenvalue weighted by molar-refractivity contribution is 5.77. The molecule has 0 spiro atoms. The highest BCUT2D eigenvalue weighted by Gasteiger charge is 2.14. The molecule has 7 heteroatoms. The smallest absolute Gasteiger partial charge is 0.322 e. The fraction of sp³-hybridized carbons (Fsp3) is 0.750. The third-order valence-corrected chi connectivity index (χ3v) is 1.77. The molecule has 1 atom stereocenters. The van der Waals surface area contributed by atoms with Gasteiger partial charge >= 0.3 is 12.0 Å². The Hall–Kier alpha value is -1.34. The summed E-state index contributed by atoms with van der Waals surface area (Å²) in [5.74, 6) is -1.14. The van der Waals surface area contributed by atoms with Gasteiger partial charge in [0.05, 0.1) is 6.61 Å². The molecule has 2 amide bonds. The Balaban J connectivity index is 3.77. The highest BCUT2D eigenvalue weighted by Crippen LogP contribution is 1.85. The number of methoxy groups -OCH3 is 1. The summed E-state index contributed by atoms with van der Waals surface area (Å²) in [6.45, 7) is 0.769. The molecular weight excluding hydrogens is 202 g/mol. The number of rotatable bonds is 6. The summed E-state index contributed by atoms with van der Waals surface area (Å²) < 4.78 is 4.79. The van der Waals surface area contributed by atoms with E-state index in [1.165, 1.54) is 12.0 Å². The van der Waals surface area contributed by atoms with Crippen molar-refractivity contribution in [2.24, 2.45) is 5.73 Å². The molecule has 1 unspecified atom stereocenters. The maximum Gasteiger partial charge on any atom is 0.322 e. The van der Waals surface area contributed by atoms with Gasteiger partial charge in [-0.05, 0) is 0 Å². The van der Waals surface area contributed by atoms with Crippen molar-refractivity contribution in [3.8, 4) is 0 Å². The van der Waals surface area contributed by atoms with E-state index in [-0.39, 0.29) is 12.6 Å². The lowest BCUT2D eigenvalue weighted by Gasteiger charge is -2.18. The molecule has 0 bridgehead atoms. The molecule has 0 fully saturated rings. The van der Waals surface area contributed by atoms with Gasteiger partial charge in [0.2, 0.25) is 0 Å². The minimum Gasteiger partial charge on any atom is -0.480 e. The van der Waals surface area contributed by atoms with Crippen LogP contribution in [0.15, 0.2) is 0 Å². The van der Waals surface area contributed by atoms with E-state index in [2.05, 4.69) is 5.32 Å². The zero-order chi connectivity index (χ0) is 11.8. The lowest BCUT2D eigenvalue weighted by Crippen LogP contribution is -2.46. The van der Waals surface area contributed by atoms with E-state index >= 15 is 0 Å². The van der Waals surface area contributed by atoms with Gasteiger partial charge in [-0.3, -0.25) is 4.79 Å². The lowest BCUT2D eigenvalue weighted by atomic mass is 10.3. The van der Waals surface area contributed by atoms with Crippen LogP contribution in [-0.2, 0) is 9.53 Å². The molecule has 0 radical (unpaired) electrons. The number of carbonyl (C=O) groups excluding carboxylic acids is 1. The van der Waals surface area contributed by atoms with Gasteiger partial charge in [-0.15, -0.1) is 0 Å². The van der Waals surface area contributed by atoms with Gasteiger partial charge in [0.1, 0.15) is 6.04 Å². The summed E-state index contributed by atoms with van der Waals surface area (Å²) in [5.41, 5.74) is 5.21. The van der Waals surface area contributed by atoms with E-state index in [1.807, 2.05) is 0 Å². The highest BCUT2D eigenvalue weighted by atomic mass is 16.5. The van der Waals surface area contributed by atoms with Gasteiger partial charge in [-0.2, -0.15) is 0 Å². The number of nitrogens with zero attached hydrogens (tertiary/aromatic N) is 1. The first-order valence-electron chi connectivity index (χ1n) is 4.45. The Kier molecular flexibility index (Phi) is 6.39. The zero-order valence-electron chi connectivity index (χ0n) is 8.90. The summed E-state index contributed by atoms with van der Waals surface area (Å²) in [4.78, 5) is 23.0. The van der Waals surface area contributed by atoms with Crippen molar-refractivity contribution in [1.29, 1.82) is 0 Å². The maximum atomic E-state index is 11.3. The summed E-state index contributed by atoms with van der Waals surface area (Å²) in [6.07, 6.45) is 0. The van der Waals surface area contributed by atoms with Crippen molar-refractivity contribution in [2.75, 3.05) is 33.9 Å². The Morgan fingerprint density at radius 3 is 2.67 bits per heavy atom. The molecule has 7 nitrogen and oxygen atoms in total. The number of nitrogens with two attached hydrogens (primary N) is 1. The number of hydrogen-bond donors (Lipinski definition) is 3. The second-order valence-corrected chi connectivity index (χ2v) is 3.05. The predicted octanol–water partition coefficient (Wildman–Crippen LogP) is -1.31. The molecule has 0 aromatic rings. The second kappa shape index (κ2) is 7.02. The molecule has 4 N–H and O–H groups in total. The third kappa shape index (κ3) is 5.87. The van der Waals surface area contributed by atoms with E-state index in [4.69, 9.17) is 15.6 Å². The van der Waals surface area contributed by atoms with E-state index in [0.717, 1.165) is 0 Å². The molecular formula is C8H17N3O4. The van der Waals surface area contributed by atoms with Gasteiger partial charge in [0, 0.05) is 27.2 Å². The van der Waals surface area contributed by atoms with E-state index in [9.17, 15) is 9.59 Å². The zero-order valence-corrected chi connectivity index (χ0v) is 8.90. The Bertz CT molecular complexity index is 222. The molecule has 88 valence electrons. The predicted molar refractivity (Wildman–Crippen MR) is 53.5 cm³/mol. The normalized spacial score (nSPS) is 11.9. The molecule has 0 heterocycles. The van der Waals surface area contributed by atoms with Crippen LogP contribution in [0.5, 0.6) is 0 Å². The van der Waals surface area contributed by atoms with Gasteiger partial charge in [0.25, 0.3) is 0 Å². The summed E-state index contributed by atoms with van der Waals surface area (Å²) >= 11 is 0. The van der Waals surface area contributed by atoms with Crippen LogP contribution in [0.4, 0.5) is 4.79 Å². The molecule has 0 rings (SSSR count). The first kappa shape index (κ1) is 13.7. The van der Waals surface area contributed by atoms with E-state index < -0.39 is 12.0 Å². The van der Waals surface area contributed by atoms with Gasteiger partial charge < -0.3 is 25.8 Å². The van der Waals surface area contributed by atoms with Gasteiger partial charge in [-0.1, -0.05) is 0 Å². The van der Waals surface area contributed by atoms with Crippen LogP contribution in [0.2, 0.25) is 0 Å². The lowest BCUT2D eigenvalue weighted by molar-refractivity contribution is -0.138. The average molecular weight is 219 g/mol. The number of likely N-dealkylation sites (N-methyl/N-ethyl adjacent to an activating group) is 1. The number of carboxylic acids is 1. The fourth-order valence-corrected chi connectivity index (χ4v) is 0.749. The number of nitrogens with one attached hydrogen (secondary N) is 1. The number of aliphatic carboxylic acids is 1. The Morgan fingerprint density at radius 1 is 1.60 bits per heavy atom.